The minimum atomic E-state index is -3.92. The number of imidazole rings is 1. The minimum absolute atomic E-state index is 0.0257. The predicted molar refractivity (Wildman–Crippen MR) is 172 cm³/mol. The molecule has 0 aliphatic rings. The number of hydrogen-bond donors (Lipinski definition) is 2. The highest BCUT2D eigenvalue weighted by atomic mass is 35.5. The van der Waals surface area contributed by atoms with Gasteiger partial charge in [0.05, 0.1) is 40.5 Å². The summed E-state index contributed by atoms with van der Waals surface area (Å²) in [5, 5.41) is 8.09. The Hall–Kier alpha value is -3.48. The van der Waals surface area contributed by atoms with Crippen molar-refractivity contribution in [2.75, 3.05) is 12.9 Å². The van der Waals surface area contributed by atoms with Crippen LogP contribution in [0, 0.1) is 22.9 Å². The first-order valence-corrected chi connectivity index (χ1v) is 17.1. The molecule has 0 fully saturated rings. The van der Waals surface area contributed by atoms with Crippen molar-refractivity contribution in [1.82, 2.24) is 9.55 Å². The van der Waals surface area contributed by atoms with Crippen molar-refractivity contribution in [2.24, 2.45) is 5.73 Å². The van der Waals surface area contributed by atoms with E-state index in [1.807, 2.05) is 26.0 Å². The fourth-order valence-corrected chi connectivity index (χ4v) is 7.44. The van der Waals surface area contributed by atoms with Gasteiger partial charge in [0.1, 0.15) is 23.2 Å². The summed E-state index contributed by atoms with van der Waals surface area (Å²) >= 11 is 7.32. The monoisotopic (exact) mass is 678 g/mol. The van der Waals surface area contributed by atoms with Crippen LogP contribution in [0.5, 0.6) is 5.75 Å². The van der Waals surface area contributed by atoms with Gasteiger partial charge in [0.15, 0.2) is 15.0 Å². The molecule has 0 atom stereocenters. The molecule has 0 saturated carbocycles. The fourth-order valence-electron chi connectivity index (χ4n) is 4.85. The van der Waals surface area contributed by atoms with Crippen LogP contribution < -0.4 is 10.5 Å². The molecule has 1 heterocycles. The normalized spacial score (nSPS) is 12.0. The van der Waals surface area contributed by atoms with E-state index < -0.39 is 37.6 Å². The molecule has 3 N–H and O–H groups in total. The highest BCUT2D eigenvalue weighted by molar-refractivity contribution is 7.98. The lowest BCUT2D eigenvalue weighted by molar-refractivity contribution is 0.413. The third-order valence-corrected chi connectivity index (χ3v) is 10.6. The second-order valence-electron chi connectivity index (χ2n) is 11.0. The molecule has 0 spiro atoms. The number of halogens is 4. The summed E-state index contributed by atoms with van der Waals surface area (Å²) in [6.45, 7) is 3.95. The van der Waals surface area contributed by atoms with E-state index in [4.69, 9.17) is 27.5 Å². The molecular formula is C32H34ClF3N4O3S2. The number of hydrogen-bond acceptors (Lipinski definition) is 6. The van der Waals surface area contributed by atoms with Crippen molar-refractivity contribution in [3.05, 3.63) is 100 Å². The number of nitrogens with one attached hydrogen (secondary N) is 1. The number of thioether (sulfide) groups is 1. The van der Waals surface area contributed by atoms with Gasteiger partial charge >= 0.3 is 0 Å². The van der Waals surface area contributed by atoms with Crippen LogP contribution in [-0.4, -0.2) is 36.7 Å². The number of unbranched alkanes of at least 4 members (excludes halogenated alkanes) is 2. The van der Waals surface area contributed by atoms with E-state index in [-0.39, 0.29) is 29.3 Å². The lowest BCUT2D eigenvalue weighted by Crippen LogP contribution is -2.23. The Morgan fingerprint density at radius 1 is 1.04 bits per heavy atom. The molecule has 1 aromatic heterocycles. The molecule has 240 valence electrons. The molecule has 0 bridgehead atoms. The van der Waals surface area contributed by atoms with Crippen molar-refractivity contribution in [1.29, 1.82) is 5.41 Å². The van der Waals surface area contributed by atoms with E-state index in [1.165, 1.54) is 19.2 Å². The largest absolute Gasteiger partial charge is 0.495 e. The van der Waals surface area contributed by atoms with Gasteiger partial charge in [-0.05, 0) is 66.9 Å². The first-order chi connectivity index (χ1) is 21.2. The van der Waals surface area contributed by atoms with E-state index in [0.717, 1.165) is 29.5 Å². The van der Waals surface area contributed by atoms with Crippen LogP contribution in [0.2, 0.25) is 5.02 Å². The number of sulfone groups is 1. The number of ether oxygens (including phenoxy) is 1. The molecular weight excluding hydrogens is 645 g/mol. The first kappa shape index (κ1) is 34.4. The van der Waals surface area contributed by atoms with E-state index in [2.05, 4.69) is 4.98 Å². The molecule has 0 aliphatic carbocycles. The van der Waals surface area contributed by atoms with Gasteiger partial charge < -0.3 is 10.5 Å². The number of benzene rings is 3. The molecule has 45 heavy (non-hydrogen) atoms. The van der Waals surface area contributed by atoms with E-state index >= 15 is 8.78 Å². The molecule has 0 unspecified atom stereocenters. The molecule has 0 saturated heterocycles. The third-order valence-electron chi connectivity index (χ3n) is 7.51. The van der Waals surface area contributed by atoms with E-state index in [1.54, 1.807) is 29.0 Å². The summed E-state index contributed by atoms with van der Waals surface area (Å²) in [4.78, 5) is 4.15. The fraction of sp³-hybridized carbons (Fsp3) is 0.312. The van der Waals surface area contributed by atoms with Crippen molar-refractivity contribution < 1.29 is 26.3 Å². The summed E-state index contributed by atoms with van der Waals surface area (Å²) in [5.41, 5.74) is 6.51. The van der Waals surface area contributed by atoms with Crippen LogP contribution >= 0.6 is 23.4 Å². The zero-order valence-electron chi connectivity index (χ0n) is 25.0. The predicted octanol–water partition coefficient (Wildman–Crippen LogP) is 7.84. The molecule has 7 nitrogen and oxygen atoms in total. The van der Waals surface area contributed by atoms with Crippen LogP contribution in [-0.2, 0) is 21.0 Å². The Balaban J connectivity index is 1.63. The van der Waals surface area contributed by atoms with Crippen LogP contribution in [0.3, 0.4) is 0 Å². The van der Waals surface area contributed by atoms with Gasteiger partial charge in [-0.1, -0.05) is 49.7 Å². The summed E-state index contributed by atoms with van der Waals surface area (Å²) < 4.78 is 77.0. The Bertz CT molecular complexity index is 1770. The van der Waals surface area contributed by atoms with Gasteiger partial charge in [0.25, 0.3) is 0 Å². The number of nitrogens with zero attached hydrogens (tertiary/aromatic N) is 2. The molecule has 13 heteroatoms. The summed E-state index contributed by atoms with van der Waals surface area (Å²) in [6.07, 6.45) is 3.38. The zero-order chi connectivity index (χ0) is 32.9. The second kappa shape index (κ2) is 14.3. The van der Waals surface area contributed by atoms with Crippen molar-refractivity contribution >= 4 is 39.0 Å². The average molecular weight is 679 g/mol. The maximum atomic E-state index is 15.2. The number of amidine groups is 1. The Kier molecular flexibility index (Phi) is 10.9. The topological polar surface area (TPSA) is 111 Å². The molecule has 0 amide bonds. The Morgan fingerprint density at radius 2 is 1.71 bits per heavy atom. The van der Waals surface area contributed by atoms with Crippen LogP contribution in [0.1, 0.15) is 56.4 Å². The van der Waals surface area contributed by atoms with Crippen molar-refractivity contribution in [3.8, 4) is 11.4 Å². The maximum Gasteiger partial charge on any atom is 0.178 e. The SMILES string of the molecule is COc1cc(C(C)(C)c2cnc(SCc3c(F)cc(S(=O)(=O)CCCCCC(=N)N)cc3F)n2-c2ccc(F)cc2)ccc1Cl. The maximum absolute atomic E-state index is 15.2. The van der Waals surface area contributed by atoms with Crippen molar-refractivity contribution in [3.63, 3.8) is 0 Å². The highest BCUT2D eigenvalue weighted by Gasteiger charge is 2.31. The summed E-state index contributed by atoms with van der Waals surface area (Å²) in [7, 11) is -2.40. The van der Waals surface area contributed by atoms with Gasteiger partial charge in [-0.15, -0.1) is 0 Å². The number of aromatic nitrogens is 2. The zero-order valence-corrected chi connectivity index (χ0v) is 27.4. The molecule has 4 aromatic rings. The summed E-state index contributed by atoms with van der Waals surface area (Å²) in [5.74, 6) is -2.32. The lowest BCUT2D eigenvalue weighted by atomic mass is 9.81. The smallest absolute Gasteiger partial charge is 0.178 e. The van der Waals surface area contributed by atoms with Crippen LogP contribution in [0.15, 0.2) is 70.8 Å². The molecule has 4 rings (SSSR count). The van der Waals surface area contributed by atoms with Gasteiger partial charge in [-0.3, -0.25) is 9.98 Å². The van der Waals surface area contributed by atoms with Gasteiger partial charge in [0.2, 0.25) is 0 Å². The first-order valence-electron chi connectivity index (χ1n) is 14.1. The molecule has 0 aliphatic heterocycles. The lowest BCUT2D eigenvalue weighted by Gasteiger charge is -2.28. The van der Waals surface area contributed by atoms with E-state index in [0.29, 0.717) is 46.6 Å². The third kappa shape index (κ3) is 8.03. The number of nitrogens with two attached hydrogens (primary N) is 1. The summed E-state index contributed by atoms with van der Waals surface area (Å²) in [6, 6.07) is 12.9. The van der Waals surface area contributed by atoms with Crippen molar-refractivity contribution in [2.45, 2.75) is 60.8 Å². The van der Waals surface area contributed by atoms with Gasteiger partial charge in [0, 0.05) is 28.8 Å². The van der Waals surface area contributed by atoms with Crippen LogP contribution in [0.25, 0.3) is 5.69 Å². The number of rotatable bonds is 14. The second-order valence-corrected chi connectivity index (χ2v) is 14.5. The Morgan fingerprint density at radius 3 is 2.33 bits per heavy atom. The quantitative estimate of drug-likeness (QED) is 0.0609. The standard InChI is InChI=1S/C32H34ClF3N4O3S2/c1-32(2,20-8-13-25(33)28(15-20)43-3)29-18-39-31(40(29)22-11-9-21(34)10-12-22)44-19-24-26(35)16-23(17-27(24)36)45(41,42)14-6-4-5-7-30(37)38/h8-13,15-18H,4-7,14,19H2,1-3H3,(H3,37,38). The number of methoxy groups -OCH3 is 1. The Labute approximate surface area is 270 Å². The van der Waals surface area contributed by atoms with Gasteiger partial charge in [-0.2, -0.15) is 0 Å². The minimum Gasteiger partial charge on any atom is -0.495 e. The highest BCUT2D eigenvalue weighted by Crippen LogP contribution is 2.39. The van der Waals surface area contributed by atoms with Gasteiger partial charge in [-0.25, -0.2) is 26.6 Å². The average Bonchev–Trinajstić information content (AvgIpc) is 3.41. The van der Waals surface area contributed by atoms with E-state index in [9.17, 15) is 12.8 Å². The van der Waals surface area contributed by atoms with Crippen LogP contribution in [0.4, 0.5) is 13.2 Å². The molecule has 0 radical (unpaired) electrons. The molecule has 3 aromatic carbocycles.